The minimum Gasteiger partial charge on any atom is -0.489 e. The zero-order valence-corrected chi connectivity index (χ0v) is 12.3. The number of anilines is 1. The molecule has 0 radical (unpaired) electrons. The van der Waals surface area contributed by atoms with Crippen molar-refractivity contribution in [1.29, 1.82) is 0 Å². The third-order valence-corrected chi connectivity index (χ3v) is 3.87. The molecule has 0 bridgehead atoms. The first-order chi connectivity index (χ1) is 10.7. The number of carbonyl (C=O) groups excluding carboxylic acids is 1. The molecule has 0 aliphatic carbocycles. The van der Waals surface area contributed by atoms with E-state index < -0.39 is 11.9 Å². The van der Waals surface area contributed by atoms with Crippen LogP contribution in [0.4, 0.5) is 10.1 Å². The number of benzene rings is 1. The van der Waals surface area contributed by atoms with Gasteiger partial charge in [0.25, 0.3) is 5.91 Å². The van der Waals surface area contributed by atoms with Gasteiger partial charge in [-0.15, -0.1) is 0 Å². The summed E-state index contributed by atoms with van der Waals surface area (Å²) in [4.78, 5) is 12.1. The number of hydrogen-bond donors (Lipinski definition) is 1. The van der Waals surface area contributed by atoms with E-state index in [-0.39, 0.29) is 12.0 Å². The number of carbonyl (C=O) groups is 1. The van der Waals surface area contributed by atoms with Crippen molar-refractivity contribution in [2.75, 3.05) is 25.1 Å². The van der Waals surface area contributed by atoms with Crippen LogP contribution in [0.25, 0.3) is 0 Å². The Bertz CT molecular complexity index is 525. The maximum atomic E-state index is 13.5. The summed E-state index contributed by atoms with van der Waals surface area (Å²) in [6.07, 6.45) is 3.14. The average Bonchev–Trinajstić information content (AvgIpc) is 3.20. The molecule has 0 aromatic heterocycles. The minimum atomic E-state index is -0.464. The van der Waals surface area contributed by atoms with Crippen LogP contribution in [0, 0.1) is 5.82 Å². The van der Waals surface area contributed by atoms with Gasteiger partial charge >= 0.3 is 0 Å². The Labute approximate surface area is 128 Å². The molecule has 0 saturated carbocycles. The fraction of sp³-hybridized carbons (Fsp3) is 0.562. The predicted molar refractivity (Wildman–Crippen MR) is 78.5 cm³/mol. The van der Waals surface area contributed by atoms with Gasteiger partial charge in [0, 0.05) is 19.3 Å². The SMILES string of the molecule is O=C(Nc1cc(F)ccc1OC[C@H]1CCCO1)[C@H]1CCCO1. The Kier molecular flexibility index (Phi) is 4.90. The van der Waals surface area contributed by atoms with Crippen LogP contribution < -0.4 is 10.1 Å². The first-order valence-corrected chi connectivity index (χ1v) is 7.69. The molecule has 5 nitrogen and oxygen atoms in total. The highest BCUT2D eigenvalue weighted by Crippen LogP contribution is 2.27. The van der Waals surface area contributed by atoms with E-state index >= 15 is 0 Å². The molecule has 22 heavy (non-hydrogen) atoms. The number of ether oxygens (including phenoxy) is 3. The summed E-state index contributed by atoms with van der Waals surface area (Å²) in [5.74, 6) is -0.236. The minimum absolute atomic E-state index is 0.0618. The predicted octanol–water partition coefficient (Wildman–Crippen LogP) is 2.50. The molecule has 1 aromatic rings. The summed E-state index contributed by atoms with van der Waals surface area (Å²) >= 11 is 0. The zero-order valence-electron chi connectivity index (χ0n) is 12.3. The van der Waals surface area contributed by atoms with E-state index in [0.29, 0.717) is 31.1 Å². The first-order valence-electron chi connectivity index (χ1n) is 7.69. The summed E-state index contributed by atoms with van der Waals surface area (Å²) in [7, 11) is 0. The summed E-state index contributed by atoms with van der Waals surface area (Å²) in [5.41, 5.74) is 0.332. The van der Waals surface area contributed by atoms with Crippen LogP contribution in [0.2, 0.25) is 0 Å². The Hall–Kier alpha value is -1.66. The van der Waals surface area contributed by atoms with Gasteiger partial charge in [0.05, 0.1) is 11.8 Å². The quantitative estimate of drug-likeness (QED) is 0.908. The van der Waals surface area contributed by atoms with Crippen molar-refractivity contribution in [2.45, 2.75) is 37.9 Å². The molecule has 0 unspecified atom stereocenters. The summed E-state index contributed by atoms with van der Waals surface area (Å²) < 4.78 is 30.0. The molecule has 2 aliphatic rings. The second-order valence-electron chi connectivity index (χ2n) is 5.58. The number of amides is 1. The number of rotatable bonds is 5. The molecule has 2 atom stereocenters. The van der Waals surface area contributed by atoms with Crippen molar-refractivity contribution in [3.05, 3.63) is 24.0 Å². The molecule has 1 amide bonds. The second-order valence-corrected chi connectivity index (χ2v) is 5.58. The van der Waals surface area contributed by atoms with Gasteiger partial charge < -0.3 is 19.5 Å². The van der Waals surface area contributed by atoms with Gasteiger partial charge in [0.15, 0.2) is 0 Å². The maximum absolute atomic E-state index is 13.5. The van der Waals surface area contributed by atoms with E-state index in [4.69, 9.17) is 14.2 Å². The van der Waals surface area contributed by atoms with Crippen molar-refractivity contribution in [3.8, 4) is 5.75 Å². The fourth-order valence-electron chi connectivity index (χ4n) is 2.68. The molecule has 120 valence electrons. The molecule has 1 aromatic carbocycles. The van der Waals surface area contributed by atoms with E-state index in [1.54, 1.807) is 0 Å². The lowest BCUT2D eigenvalue weighted by Gasteiger charge is -2.16. The molecule has 1 N–H and O–H groups in total. The molecular formula is C16H20FNO4. The molecule has 2 aliphatic heterocycles. The van der Waals surface area contributed by atoms with Gasteiger partial charge in [0.1, 0.15) is 24.3 Å². The van der Waals surface area contributed by atoms with Crippen LogP contribution in [0.3, 0.4) is 0 Å². The fourth-order valence-corrected chi connectivity index (χ4v) is 2.68. The third kappa shape index (κ3) is 3.75. The smallest absolute Gasteiger partial charge is 0.253 e. The van der Waals surface area contributed by atoms with E-state index in [2.05, 4.69) is 5.32 Å². The monoisotopic (exact) mass is 309 g/mol. The molecule has 6 heteroatoms. The van der Waals surface area contributed by atoms with Crippen LogP contribution in [-0.2, 0) is 14.3 Å². The van der Waals surface area contributed by atoms with Crippen LogP contribution in [-0.4, -0.2) is 37.9 Å². The Morgan fingerprint density at radius 1 is 1.27 bits per heavy atom. The standard InChI is InChI=1S/C16H20FNO4/c17-11-5-6-14(22-10-12-3-1-7-20-12)13(9-11)18-16(19)15-4-2-8-21-15/h5-6,9,12,15H,1-4,7-8,10H2,(H,18,19)/t12-,15-/m1/s1. The van der Waals surface area contributed by atoms with E-state index in [9.17, 15) is 9.18 Å². The highest BCUT2D eigenvalue weighted by atomic mass is 19.1. The van der Waals surface area contributed by atoms with Crippen LogP contribution in [0.5, 0.6) is 5.75 Å². The van der Waals surface area contributed by atoms with Gasteiger partial charge in [-0.25, -0.2) is 4.39 Å². The highest BCUT2D eigenvalue weighted by molar-refractivity contribution is 5.95. The lowest BCUT2D eigenvalue weighted by atomic mass is 10.2. The van der Waals surface area contributed by atoms with E-state index in [0.717, 1.165) is 25.9 Å². The van der Waals surface area contributed by atoms with Crippen LogP contribution in [0.15, 0.2) is 18.2 Å². The normalized spacial score (nSPS) is 24.4. The number of nitrogens with one attached hydrogen (secondary N) is 1. The topological polar surface area (TPSA) is 56.8 Å². The molecule has 2 heterocycles. The summed E-state index contributed by atoms with van der Waals surface area (Å²) in [6, 6.07) is 4.10. The molecule has 0 spiro atoms. The molecule has 3 rings (SSSR count). The summed E-state index contributed by atoms with van der Waals surface area (Å²) in [5, 5.41) is 2.70. The maximum Gasteiger partial charge on any atom is 0.253 e. The van der Waals surface area contributed by atoms with Crippen LogP contribution in [0.1, 0.15) is 25.7 Å². The highest BCUT2D eigenvalue weighted by Gasteiger charge is 2.25. The second kappa shape index (κ2) is 7.07. The van der Waals surface area contributed by atoms with E-state index in [1.165, 1.54) is 18.2 Å². The summed E-state index contributed by atoms with van der Waals surface area (Å²) in [6.45, 7) is 1.73. The van der Waals surface area contributed by atoms with Gasteiger partial charge in [-0.2, -0.15) is 0 Å². The number of hydrogen-bond acceptors (Lipinski definition) is 4. The number of halogens is 1. The first kappa shape index (κ1) is 15.2. The van der Waals surface area contributed by atoms with Gasteiger partial charge in [-0.3, -0.25) is 4.79 Å². The van der Waals surface area contributed by atoms with Crippen LogP contribution >= 0.6 is 0 Å². The van der Waals surface area contributed by atoms with Crippen molar-refractivity contribution in [2.24, 2.45) is 0 Å². The largest absolute Gasteiger partial charge is 0.489 e. The van der Waals surface area contributed by atoms with Crippen molar-refractivity contribution in [3.63, 3.8) is 0 Å². The van der Waals surface area contributed by atoms with Crippen molar-refractivity contribution >= 4 is 11.6 Å². The van der Waals surface area contributed by atoms with Gasteiger partial charge in [0.2, 0.25) is 0 Å². The third-order valence-electron chi connectivity index (χ3n) is 3.87. The van der Waals surface area contributed by atoms with Gasteiger partial charge in [-0.05, 0) is 37.8 Å². The lowest BCUT2D eigenvalue weighted by molar-refractivity contribution is -0.124. The van der Waals surface area contributed by atoms with E-state index in [1.807, 2.05) is 0 Å². The molecular weight excluding hydrogens is 289 g/mol. The van der Waals surface area contributed by atoms with Crippen molar-refractivity contribution < 1.29 is 23.4 Å². The Morgan fingerprint density at radius 3 is 2.82 bits per heavy atom. The molecule has 2 fully saturated rings. The van der Waals surface area contributed by atoms with Crippen molar-refractivity contribution in [1.82, 2.24) is 0 Å². The Morgan fingerprint density at radius 2 is 2.09 bits per heavy atom. The average molecular weight is 309 g/mol. The zero-order chi connectivity index (χ0) is 15.4. The lowest BCUT2D eigenvalue weighted by Crippen LogP contribution is -2.27. The Balaban J connectivity index is 1.65. The van der Waals surface area contributed by atoms with Gasteiger partial charge in [-0.1, -0.05) is 0 Å². The molecule has 2 saturated heterocycles.